The highest BCUT2D eigenvalue weighted by atomic mass is 16.5. The van der Waals surface area contributed by atoms with E-state index >= 15 is 0 Å². The normalized spacial score (nSPS) is 14.6. The Kier molecular flexibility index (Phi) is 4.74. The van der Waals surface area contributed by atoms with Crippen LogP contribution in [0.25, 0.3) is 0 Å². The van der Waals surface area contributed by atoms with Crippen LogP contribution >= 0.6 is 0 Å². The number of carbonyl (C=O) groups is 1. The maximum Gasteiger partial charge on any atom is 0.254 e. The van der Waals surface area contributed by atoms with Crippen molar-refractivity contribution in [2.75, 3.05) is 38.2 Å². The highest BCUT2D eigenvalue weighted by Crippen LogP contribution is 2.30. The summed E-state index contributed by atoms with van der Waals surface area (Å²) in [6.45, 7) is 7.16. The molecule has 4 nitrogen and oxygen atoms in total. The lowest BCUT2D eigenvalue weighted by atomic mass is 10.1. The number of nitrogens with zero attached hydrogens (tertiary/aromatic N) is 2. The molecule has 0 aliphatic carbocycles. The lowest BCUT2D eigenvalue weighted by Gasteiger charge is -2.37. The van der Waals surface area contributed by atoms with Gasteiger partial charge in [-0.25, -0.2) is 0 Å². The predicted octanol–water partition coefficient (Wildman–Crippen LogP) is 3.27. The third-order valence-electron chi connectivity index (χ3n) is 4.62. The summed E-state index contributed by atoms with van der Waals surface area (Å²) in [7, 11) is 1.70. The van der Waals surface area contributed by atoms with Gasteiger partial charge in [0.25, 0.3) is 5.91 Å². The summed E-state index contributed by atoms with van der Waals surface area (Å²) in [5.74, 6) is 1.02. The fourth-order valence-electron chi connectivity index (χ4n) is 3.18. The van der Waals surface area contributed by atoms with Crippen LogP contribution in [0, 0.1) is 13.8 Å². The van der Waals surface area contributed by atoms with Crippen molar-refractivity contribution in [2.45, 2.75) is 13.8 Å². The van der Waals surface area contributed by atoms with Crippen molar-refractivity contribution < 1.29 is 9.53 Å². The van der Waals surface area contributed by atoms with E-state index in [9.17, 15) is 4.79 Å². The fraction of sp³-hybridized carbons (Fsp3) is 0.350. The molecule has 1 heterocycles. The molecule has 1 aliphatic heterocycles. The number of anilines is 1. The van der Waals surface area contributed by atoms with Crippen LogP contribution in [-0.4, -0.2) is 44.1 Å². The van der Waals surface area contributed by atoms with Crippen molar-refractivity contribution in [3.05, 3.63) is 59.2 Å². The number of ether oxygens (including phenoxy) is 1. The Bertz CT molecular complexity index is 734. The average Bonchev–Trinajstić information content (AvgIpc) is 2.62. The molecular formula is C20H24N2O2. The number of hydrogen-bond donors (Lipinski definition) is 0. The minimum absolute atomic E-state index is 0.129. The first-order chi connectivity index (χ1) is 11.6. The van der Waals surface area contributed by atoms with E-state index in [1.54, 1.807) is 7.11 Å². The van der Waals surface area contributed by atoms with Crippen LogP contribution in [0.2, 0.25) is 0 Å². The molecule has 1 fully saturated rings. The molecule has 126 valence electrons. The first-order valence-corrected chi connectivity index (χ1v) is 8.34. The van der Waals surface area contributed by atoms with Crippen LogP contribution < -0.4 is 9.64 Å². The van der Waals surface area contributed by atoms with Gasteiger partial charge in [-0.2, -0.15) is 0 Å². The number of benzene rings is 2. The number of amides is 1. The van der Waals surface area contributed by atoms with E-state index in [-0.39, 0.29) is 5.91 Å². The number of methoxy groups -OCH3 is 1. The summed E-state index contributed by atoms with van der Waals surface area (Å²) in [6, 6.07) is 14.0. The Balaban J connectivity index is 1.71. The molecule has 0 radical (unpaired) electrons. The largest absolute Gasteiger partial charge is 0.495 e. The van der Waals surface area contributed by atoms with Gasteiger partial charge in [-0.05, 0) is 43.2 Å². The number of rotatable bonds is 3. The number of carbonyl (C=O) groups excluding carboxylic acids is 1. The van der Waals surface area contributed by atoms with E-state index in [1.165, 1.54) is 5.56 Å². The molecule has 0 saturated carbocycles. The SMILES string of the molecule is COc1ccc(C)cc1N1CCN(C(=O)c2ccccc2C)CC1. The van der Waals surface area contributed by atoms with E-state index in [4.69, 9.17) is 4.74 Å². The van der Waals surface area contributed by atoms with Gasteiger partial charge < -0.3 is 14.5 Å². The molecule has 1 amide bonds. The van der Waals surface area contributed by atoms with Crippen LogP contribution in [0.4, 0.5) is 5.69 Å². The second kappa shape index (κ2) is 6.95. The highest BCUT2D eigenvalue weighted by Gasteiger charge is 2.24. The van der Waals surface area contributed by atoms with E-state index < -0.39 is 0 Å². The molecule has 0 bridgehead atoms. The van der Waals surface area contributed by atoms with Gasteiger partial charge in [-0.3, -0.25) is 4.79 Å². The van der Waals surface area contributed by atoms with Crippen LogP contribution in [0.5, 0.6) is 5.75 Å². The number of hydrogen-bond acceptors (Lipinski definition) is 3. The molecule has 0 spiro atoms. The smallest absolute Gasteiger partial charge is 0.254 e. The van der Waals surface area contributed by atoms with Crippen molar-refractivity contribution in [2.24, 2.45) is 0 Å². The van der Waals surface area contributed by atoms with Crippen molar-refractivity contribution in [3.63, 3.8) is 0 Å². The fourth-order valence-corrected chi connectivity index (χ4v) is 3.18. The minimum atomic E-state index is 0.129. The minimum Gasteiger partial charge on any atom is -0.495 e. The quantitative estimate of drug-likeness (QED) is 0.869. The zero-order chi connectivity index (χ0) is 17.1. The van der Waals surface area contributed by atoms with Crippen LogP contribution in [0.3, 0.4) is 0 Å². The second-order valence-electron chi connectivity index (χ2n) is 6.27. The summed E-state index contributed by atoms with van der Waals surface area (Å²) >= 11 is 0. The molecule has 0 unspecified atom stereocenters. The predicted molar refractivity (Wildman–Crippen MR) is 97.0 cm³/mol. The second-order valence-corrected chi connectivity index (χ2v) is 6.27. The standard InChI is InChI=1S/C20H24N2O2/c1-15-8-9-19(24-3)18(14-15)21-10-12-22(13-11-21)20(23)17-7-5-4-6-16(17)2/h4-9,14H,10-13H2,1-3H3. The first kappa shape index (κ1) is 16.4. The van der Waals surface area contributed by atoms with Crippen molar-refractivity contribution >= 4 is 11.6 Å². The zero-order valence-electron chi connectivity index (χ0n) is 14.6. The van der Waals surface area contributed by atoms with Gasteiger partial charge in [-0.1, -0.05) is 24.3 Å². The summed E-state index contributed by atoms with van der Waals surface area (Å²) in [6.07, 6.45) is 0. The molecule has 0 N–H and O–H groups in total. The Labute approximate surface area is 143 Å². The van der Waals surface area contributed by atoms with Crippen molar-refractivity contribution in [3.8, 4) is 5.75 Å². The van der Waals surface area contributed by atoms with Crippen molar-refractivity contribution in [1.82, 2.24) is 4.90 Å². The zero-order valence-corrected chi connectivity index (χ0v) is 14.6. The third-order valence-corrected chi connectivity index (χ3v) is 4.62. The van der Waals surface area contributed by atoms with E-state index in [0.29, 0.717) is 0 Å². The Morgan fingerprint density at radius 1 is 1.00 bits per heavy atom. The van der Waals surface area contributed by atoms with E-state index in [0.717, 1.165) is 48.7 Å². The number of piperazine rings is 1. The Morgan fingerprint density at radius 2 is 1.71 bits per heavy atom. The Morgan fingerprint density at radius 3 is 2.38 bits per heavy atom. The molecule has 0 aromatic heterocycles. The maximum atomic E-state index is 12.7. The summed E-state index contributed by atoms with van der Waals surface area (Å²) in [5.41, 5.74) is 4.16. The van der Waals surface area contributed by atoms with Crippen LogP contribution in [0.1, 0.15) is 21.5 Å². The molecule has 0 atom stereocenters. The third kappa shape index (κ3) is 3.23. The summed E-state index contributed by atoms with van der Waals surface area (Å²) in [5, 5.41) is 0. The van der Waals surface area contributed by atoms with E-state index in [2.05, 4.69) is 24.0 Å². The van der Waals surface area contributed by atoms with Gasteiger partial charge >= 0.3 is 0 Å². The Hall–Kier alpha value is -2.49. The lowest BCUT2D eigenvalue weighted by Crippen LogP contribution is -2.49. The topological polar surface area (TPSA) is 32.8 Å². The molecular weight excluding hydrogens is 300 g/mol. The maximum absolute atomic E-state index is 12.7. The lowest BCUT2D eigenvalue weighted by molar-refractivity contribution is 0.0746. The number of aryl methyl sites for hydroxylation is 2. The molecule has 2 aromatic carbocycles. The monoisotopic (exact) mass is 324 g/mol. The molecule has 4 heteroatoms. The van der Waals surface area contributed by atoms with Gasteiger partial charge in [0.15, 0.2) is 0 Å². The van der Waals surface area contributed by atoms with Gasteiger partial charge in [0, 0.05) is 31.7 Å². The van der Waals surface area contributed by atoms with Gasteiger partial charge in [0.2, 0.25) is 0 Å². The highest BCUT2D eigenvalue weighted by molar-refractivity contribution is 5.95. The van der Waals surface area contributed by atoms with Crippen LogP contribution in [0.15, 0.2) is 42.5 Å². The summed E-state index contributed by atoms with van der Waals surface area (Å²) in [4.78, 5) is 17.0. The molecule has 1 saturated heterocycles. The van der Waals surface area contributed by atoms with Crippen molar-refractivity contribution in [1.29, 1.82) is 0 Å². The first-order valence-electron chi connectivity index (χ1n) is 8.34. The summed E-state index contributed by atoms with van der Waals surface area (Å²) < 4.78 is 5.49. The van der Waals surface area contributed by atoms with Gasteiger partial charge in [0.05, 0.1) is 12.8 Å². The molecule has 1 aliphatic rings. The van der Waals surface area contributed by atoms with Gasteiger partial charge in [-0.15, -0.1) is 0 Å². The van der Waals surface area contributed by atoms with Crippen LogP contribution in [-0.2, 0) is 0 Å². The molecule has 2 aromatic rings. The molecule has 24 heavy (non-hydrogen) atoms. The van der Waals surface area contributed by atoms with Gasteiger partial charge in [0.1, 0.15) is 5.75 Å². The average molecular weight is 324 g/mol. The van der Waals surface area contributed by atoms with E-state index in [1.807, 2.05) is 42.2 Å². The molecule has 3 rings (SSSR count).